The number of carbonyl (C=O) groups is 3. The molecule has 0 saturated carbocycles. The number of nitrogens with two attached hydrogens (primary N) is 1. The number of nitrogens with zero attached hydrogens (tertiary/aromatic N) is 2. The van der Waals surface area contributed by atoms with Crippen molar-refractivity contribution in [2.75, 3.05) is 13.6 Å². The lowest BCUT2D eigenvalue weighted by Crippen LogP contribution is -2.42. The van der Waals surface area contributed by atoms with Crippen LogP contribution in [0.3, 0.4) is 0 Å². The first kappa shape index (κ1) is 17.6. The summed E-state index contributed by atoms with van der Waals surface area (Å²) in [5, 5.41) is 7.66. The Morgan fingerprint density at radius 1 is 1.33 bits per heavy atom. The fourth-order valence-electron chi connectivity index (χ4n) is 2.33. The molecule has 0 aliphatic carbocycles. The monoisotopic (exact) mass is 334 g/mol. The highest BCUT2D eigenvalue weighted by atomic mass is 19.1. The molecule has 0 radical (unpaired) electrons. The maximum absolute atomic E-state index is 12.9. The SMILES string of the molecule is CN1N=C(C(=O)NCC(Cc2ccc(F)cc2)C(N)=O)CCC1=O. The Labute approximate surface area is 138 Å². The van der Waals surface area contributed by atoms with Crippen LogP contribution in [0.2, 0.25) is 0 Å². The minimum atomic E-state index is -0.622. The number of amides is 3. The average molecular weight is 334 g/mol. The highest BCUT2D eigenvalue weighted by Crippen LogP contribution is 2.10. The minimum Gasteiger partial charge on any atom is -0.369 e. The predicted molar refractivity (Wildman–Crippen MR) is 85.2 cm³/mol. The zero-order valence-electron chi connectivity index (χ0n) is 13.3. The summed E-state index contributed by atoms with van der Waals surface area (Å²) < 4.78 is 12.9. The molecule has 1 aromatic carbocycles. The Kier molecular flexibility index (Phi) is 5.62. The van der Waals surface area contributed by atoms with E-state index in [0.29, 0.717) is 6.42 Å². The van der Waals surface area contributed by atoms with Crippen molar-refractivity contribution in [3.05, 3.63) is 35.6 Å². The summed E-state index contributed by atoms with van der Waals surface area (Å²) in [5.74, 6) is -2.13. The van der Waals surface area contributed by atoms with E-state index < -0.39 is 17.7 Å². The normalized spacial score (nSPS) is 15.7. The lowest BCUT2D eigenvalue weighted by atomic mass is 9.98. The number of carbonyl (C=O) groups excluding carboxylic acids is 3. The number of rotatable bonds is 6. The van der Waals surface area contributed by atoms with Gasteiger partial charge in [0.15, 0.2) is 0 Å². The Morgan fingerprint density at radius 2 is 2.00 bits per heavy atom. The average Bonchev–Trinajstić information content (AvgIpc) is 2.55. The van der Waals surface area contributed by atoms with Crippen LogP contribution in [0.25, 0.3) is 0 Å². The fourth-order valence-corrected chi connectivity index (χ4v) is 2.33. The highest BCUT2D eigenvalue weighted by Gasteiger charge is 2.23. The summed E-state index contributed by atoms with van der Waals surface area (Å²) in [4.78, 5) is 35.0. The largest absolute Gasteiger partial charge is 0.369 e. The zero-order chi connectivity index (χ0) is 17.7. The number of benzene rings is 1. The van der Waals surface area contributed by atoms with Crippen LogP contribution in [0.5, 0.6) is 0 Å². The van der Waals surface area contributed by atoms with Crippen LogP contribution in [-0.4, -0.2) is 42.0 Å². The van der Waals surface area contributed by atoms with Gasteiger partial charge in [-0.2, -0.15) is 5.10 Å². The standard InChI is InChI=1S/C16H19FN4O3/c1-21-14(22)7-6-13(20-21)16(24)19-9-11(15(18)23)8-10-2-4-12(17)5-3-10/h2-5,11H,6-9H2,1H3,(H2,18,23)(H,19,24). The molecular formula is C16H19FN4O3. The van der Waals surface area contributed by atoms with E-state index in [1.807, 2.05) is 0 Å². The number of primary amides is 1. The molecule has 7 nitrogen and oxygen atoms in total. The molecule has 0 spiro atoms. The Bertz CT molecular complexity index is 672. The van der Waals surface area contributed by atoms with E-state index in [9.17, 15) is 18.8 Å². The molecule has 1 heterocycles. The maximum Gasteiger partial charge on any atom is 0.267 e. The third-order valence-corrected chi connectivity index (χ3v) is 3.78. The first-order valence-corrected chi connectivity index (χ1v) is 7.53. The molecule has 1 atom stereocenters. The number of hydrogen-bond acceptors (Lipinski definition) is 4. The molecule has 1 unspecified atom stereocenters. The lowest BCUT2D eigenvalue weighted by Gasteiger charge is -2.20. The first-order valence-electron chi connectivity index (χ1n) is 7.53. The number of hydrazone groups is 1. The summed E-state index contributed by atoms with van der Waals surface area (Å²) in [5.41, 5.74) is 6.36. The molecule has 1 aromatic rings. The summed E-state index contributed by atoms with van der Waals surface area (Å²) in [6.07, 6.45) is 0.770. The highest BCUT2D eigenvalue weighted by molar-refractivity contribution is 6.39. The van der Waals surface area contributed by atoms with E-state index in [0.717, 1.165) is 10.6 Å². The minimum absolute atomic E-state index is 0.0439. The molecule has 0 aromatic heterocycles. The van der Waals surface area contributed by atoms with Gasteiger partial charge in [0.05, 0.1) is 5.92 Å². The van der Waals surface area contributed by atoms with Gasteiger partial charge in [-0.3, -0.25) is 14.4 Å². The van der Waals surface area contributed by atoms with Crippen molar-refractivity contribution >= 4 is 23.4 Å². The van der Waals surface area contributed by atoms with Gasteiger partial charge in [0, 0.05) is 26.4 Å². The van der Waals surface area contributed by atoms with Crippen LogP contribution >= 0.6 is 0 Å². The van der Waals surface area contributed by atoms with Crippen molar-refractivity contribution in [2.45, 2.75) is 19.3 Å². The smallest absolute Gasteiger partial charge is 0.267 e. The zero-order valence-corrected chi connectivity index (χ0v) is 13.3. The molecule has 3 amide bonds. The molecular weight excluding hydrogens is 315 g/mol. The third kappa shape index (κ3) is 4.61. The van der Waals surface area contributed by atoms with Gasteiger partial charge in [0.25, 0.3) is 5.91 Å². The van der Waals surface area contributed by atoms with E-state index in [4.69, 9.17) is 5.73 Å². The fraction of sp³-hybridized carbons (Fsp3) is 0.375. The predicted octanol–water partition coefficient (Wildman–Crippen LogP) is 0.194. The maximum atomic E-state index is 12.9. The second-order valence-electron chi connectivity index (χ2n) is 5.60. The molecule has 0 saturated heterocycles. The molecule has 128 valence electrons. The summed E-state index contributed by atoms with van der Waals surface area (Å²) in [6, 6.07) is 5.74. The molecule has 3 N–H and O–H groups in total. The van der Waals surface area contributed by atoms with Crippen LogP contribution in [-0.2, 0) is 20.8 Å². The number of hydrogen-bond donors (Lipinski definition) is 2. The van der Waals surface area contributed by atoms with Gasteiger partial charge in [-0.25, -0.2) is 9.40 Å². The van der Waals surface area contributed by atoms with E-state index in [-0.39, 0.29) is 36.8 Å². The second kappa shape index (κ2) is 7.67. The Balaban J connectivity index is 1.95. The van der Waals surface area contributed by atoms with Crippen molar-refractivity contribution in [3.8, 4) is 0 Å². The first-order chi connectivity index (χ1) is 11.4. The van der Waals surface area contributed by atoms with E-state index >= 15 is 0 Å². The molecule has 8 heteroatoms. The summed E-state index contributed by atoms with van der Waals surface area (Å²) >= 11 is 0. The molecule has 1 aliphatic heterocycles. The van der Waals surface area contributed by atoms with Crippen LogP contribution in [0, 0.1) is 11.7 Å². The van der Waals surface area contributed by atoms with Gasteiger partial charge in [-0.1, -0.05) is 12.1 Å². The molecule has 1 aliphatic rings. The van der Waals surface area contributed by atoms with E-state index in [2.05, 4.69) is 10.4 Å². The van der Waals surface area contributed by atoms with E-state index in [1.54, 1.807) is 12.1 Å². The third-order valence-electron chi connectivity index (χ3n) is 3.78. The van der Waals surface area contributed by atoms with Gasteiger partial charge in [-0.15, -0.1) is 0 Å². The van der Waals surface area contributed by atoms with Gasteiger partial charge >= 0.3 is 0 Å². The van der Waals surface area contributed by atoms with Crippen LogP contribution in [0.4, 0.5) is 4.39 Å². The van der Waals surface area contributed by atoms with Crippen molar-refractivity contribution in [2.24, 2.45) is 16.8 Å². The number of halogens is 1. The van der Waals surface area contributed by atoms with Crippen molar-refractivity contribution in [1.29, 1.82) is 0 Å². The van der Waals surface area contributed by atoms with E-state index in [1.165, 1.54) is 19.2 Å². The Morgan fingerprint density at radius 3 is 2.58 bits per heavy atom. The van der Waals surface area contributed by atoms with Crippen molar-refractivity contribution in [1.82, 2.24) is 10.3 Å². The number of nitrogens with one attached hydrogen (secondary N) is 1. The van der Waals surface area contributed by atoms with Crippen LogP contribution in [0.1, 0.15) is 18.4 Å². The molecule has 2 rings (SSSR count). The van der Waals surface area contributed by atoms with Gasteiger partial charge < -0.3 is 11.1 Å². The van der Waals surface area contributed by atoms with Crippen LogP contribution in [0.15, 0.2) is 29.4 Å². The molecule has 24 heavy (non-hydrogen) atoms. The molecule has 0 bridgehead atoms. The molecule has 0 fully saturated rings. The Hall–Kier alpha value is -2.77. The second-order valence-corrected chi connectivity index (χ2v) is 5.60. The topological polar surface area (TPSA) is 105 Å². The summed E-state index contributed by atoms with van der Waals surface area (Å²) in [7, 11) is 1.48. The lowest BCUT2D eigenvalue weighted by molar-refractivity contribution is -0.130. The summed E-state index contributed by atoms with van der Waals surface area (Å²) in [6.45, 7) is 0.0439. The van der Waals surface area contributed by atoms with Gasteiger partial charge in [0.2, 0.25) is 11.8 Å². The van der Waals surface area contributed by atoms with Crippen molar-refractivity contribution < 1.29 is 18.8 Å². The van der Waals surface area contributed by atoms with Crippen LogP contribution < -0.4 is 11.1 Å². The van der Waals surface area contributed by atoms with Crippen molar-refractivity contribution in [3.63, 3.8) is 0 Å². The van der Waals surface area contributed by atoms with Gasteiger partial charge in [0.1, 0.15) is 11.5 Å². The van der Waals surface area contributed by atoms with Gasteiger partial charge in [-0.05, 0) is 24.1 Å². The quantitative estimate of drug-likeness (QED) is 0.776.